The van der Waals surface area contributed by atoms with Crippen molar-refractivity contribution in [2.45, 2.75) is 58.8 Å². The summed E-state index contributed by atoms with van der Waals surface area (Å²) in [6.45, 7) is 14.4. The molecule has 4 saturated heterocycles. The fraction of sp³-hybridized carbons (Fsp3) is 0.435. The van der Waals surface area contributed by atoms with Gasteiger partial charge in [0.2, 0.25) is 11.9 Å². The third-order valence-corrected chi connectivity index (χ3v) is 12.1. The number of rotatable bonds is 12. The molecule has 15 nitrogen and oxygen atoms in total. The van der Waals surface area contributed by atoms with Crippen LogP contribution in [0.2, 0.25) is 0 Å². The van der Waals surface area contributed by atoms with E-state index in [4.69, 9.17) is 9.72 Å². The van der Waals surface area contributed by atoms with Crippen LogP contribution >= 0.6 is 0 Å². The average molecular weight is 829 g/mol. The zero-order valence-electron chi connectivity index (χ0n) is 35.3. The molecule has 5 heterocycles. The van der Waals surface area contributed by atoms with Crippen molar-refractivity contribution in [3.63, 3.8) is 0 Å². The Balaban J connectivity index is 0.762. The van der Waals surface area contributed by atoms with Gasteiger partial charge in [0.25, 0.3) is 5.91 Å². The molecule has 61 heavy (non-hydrogen) atoms. The first kappa shape index (κ1) is 41.7. The molecule has 4 aliphatic rings. The standard InChI is InChI=1S/C46H56N10O5/c1-31(2)61-40-29-55(30-40)45(59)48-27-36-8-7-34(25-32(36)3)41-13-17-47-44(50-41)49-37-9-11-38(12-10-37)53-23-21-52(22-24-53)28-33-14-18-54(19-15-33)43(58)35-5-4-6-39(26-35)56-20-16-42(57)51-46(56)60/h4-13,17,25-26,31,33,40H,14-16,18-24,27-30H2,1-3H3,(H,48,59)(H,47,49,50)(H,51,57,60). The monoisotopic (exact) mass is 828 g/mol. The maximum Gasteiger partial charge on any atom is 0.328 e. The zero-order chi connectivity index (χ0) is 42.5. The van der Waals surface area contributed by atoms with Crippen LogP contribution in [0.1, 0.15) is 54.6 Å². The van der Waals surface area contributed by atoms with Gasteiger partial charge in [-0.15, -0.1) is 0 Å². The molecule has 0 saturated carbocycles. The number of hydrogen-bond acceptors (Lipinski definition) is 10. The van der Waals surface area contributed by atoms with E-state index < -0.39 is 6.03 Å². The second kappa shape index (κ2) is 18.7. The zero-order valence-corrected chi connectivity index (χ0v) is 35.3. The number of aryl methyl sites for hydroxylation is 1. The van der Waals surface area contributed by atoms with E-state index in [0.717, 1.165) is 73.6 Å². The van der Waals surface area contributed by atoms with E-state index in [1.54, 1.807) is 35.4 Å². The number of piperidine rings is 1. The largest absolute Gasteiger partial charge is 0.372 e. The fourth-order valence-electron chi connectivity index (χ4n) is 8.55. The van der Waals surface area contributed by atoms with Crippen molar-refractivity contribution >= 4 is 46.9 Å². The number of nitrogens with zero attached hydrogens (tertiary/aromatic N) is 7. The third-order valence-electron chi connectivity index (χ3n) is 12.1. The van der Waals surface area contributed by atoms with E-state index >= 15 is 0 Å². The average Bonchev–Trinajstić information content (AvgIpc) is 3.25. The van der Waals surface area contributed by atoms with E-state index in [1.165, 1.54) is 10.6 Å². The van der Waals surface area contributed by atoms with E-state index in [0.29, 0.717) is 62.4 Å². The summed E-state index contributed by atoms with van der Waals surface area (Å²) in [6.07, 6.45) is 4.21. The predicted octanol–water partition coefficient (Wildman–Crippen LogP) is 5.64. The first-order valence-electron chi connectivity index (χ1n) is 21.5. The number of carbonyl (C=O) groups excluding carboxylic acids is 4. The van der Waals surface area contributed by atoms with Crippen LogP contribution in [0.25, 0.3) is 11.3 Å². The summed E-state index contributed by atoms with van der Waals surface area (Å²) in [5, 5.41) is 8.75. The van der Waals surface area contributed by atoms with Gasteiger partial charge in [0.15, 0.2) is 0 Å². The Morgan fingerprint density at radius 2 is 1.64 bits per heavy atom. The van der Waals surface area contributed by atoms with Gasteiger partial charge in [-0.2, -0.15) is 0 Å². The summed E-state index contributed by atoms with van der Waals surface area (Å²) in [7, 11) is 0. The van der Waals surface area contributed by atoms with Crippen molar-refractivity contribution in [1.29, 1.82) is 0 Å². The van der Waals surface area contributed by atoms with Crippen LogP contribution in [0, 0.1) is 12.8 Å². The molecule has 320 valence electrons. The van der Waals surface area contributed by atoms with Gasteiger partial charge < -0.3 is 30.1 Å². The number of benzene rings is 3. The van der Waals surface area contributed by atoms with Crippen LogP contribution < -0.4 is 25.8 Å². The number of carbonyl (C=O) groups is 4. The van der Waals surface area contributed by atoms with Crippen molar-refractivity contribution < 1.29 is 23.9 Å². The van der Waals surface area contributed by atoms with Gasteiger partial charge in [0, 0.05) is 99.7 Å². The summed E-state index contributed by atoms with van der Waals surface area (Å²) in [5.41, 5.74) is 7.21. The van der Waals surface area contributed by atoms with Crippen LogP contribution in [0.3, 0.4) is 0 Å². The number of ether oxygens (including phenoxy) is 1. The van der Waals surface area contributed by atoms with Crippen molar-refractivity contribution in [2.24, 2.45) is 5.92 Å². The number of urea groups is 2. The van der Waals surface area contributed by atoms with Crippen molar-refractivity contribution in [2.75, 3.05) is 80.6 Å². The molecule has 6 amide bonds. The Kier molecular flexibility index (Phi) is 12.8. The maximum atomic E-state index is 13.4. The predicted molar refractivity (Wildman–Crippen MR) is 235 cm³/mol. The molecule has 0 spiro atoms. The Hall–Kier alpha value is -6.06. The minimum absolute atomic E-state index is 0.0179. The SMILES string of the molecule is Cc1cc(-c2ccnc(Nc3ccc(N4CCN(CC5CCN(C(=O)c6cccc(N7CCC(=O)NC7=O)c6)CC5)CC4)cc3)n2)ccc1CNC(=O)N1CC(OC(C)C)C1. The molecule has 4 fully saturated rings. The quantitative estimate of drug-likeness (QED) is 0.164. The van der Waals surface area contributed by atoms with E-state index in [-0.39, 0.29) is 36.5 Å². The van der Waals surface area contributed by atoms with Crippen LogP contribution in [0.5, 0.6) is 0 Å². The van der Waals surface area contributed by atoms with Crippen molar-refractivity contribution in [1.82, 2.24) is 35.3 Å². The van der Waals surface area contributed by atoms with E-state index in [2.05, 4.69) is 61.1 Å². The van der Waals surface area contributed by atoms with Crippen molar-refractivity contribution in [3.05, 3.63) is 95.7 Å². The first-order chi connectivity index (χ1) is 29.5. The summed E-state index contributed by atoms with van der Waals surface area (Å²) >= 11 is 0. The Bertz CT molecular complexity index is 2210. The van der Waals surface area contributed by atoms with Crippen LogP contribution in [0.4, 0.5) is 32.6 Å². The van der Waals surface area contributed by atoms with Gasteiger partial charge >= 0.3 is 12.1 Å². The van der Waals surface area contributed by atoms with Crippen LogP contribution in [-0.2, 0) is 16.1 Å². The number of likely N-dealkylation sites (tertiary alicyclic amines) is 2. The highest BCUT2D eigenvalue weighted by molar-refractivity contribution is 6.06. The molecule has 0 aliphatic carbocycles. The molecule has 4 aliphatic heterocycles. The van der Waals surface area contributed by atoms with Crippen LogP contribution in [0.15, 0.2) is 79.0 Å². The molecule has 0 bridgehead atoms. The Labute approximate surface area is 357 Å². The van der Waals surface area contributed by atoms with Gasteiger partial charge in [0.1, 0.15) is 0 Å². The second-order valence-electron chi connectivity index (χ2n) is 16.8. The lowest BCUT2D eigenvalue weighted by molar-refractivity contribution is -0.120. The number of imide groups is 1. The highest BCUT2D eigenvalue weighted by Crippen LogP contribution is 2.27. The maximum absolute atomic E-state index is 13.4. The highest BCUT2D eigenvalue weighted by Gasteiger charge is 2.32. The van der Waals surface area contributed by atoms with Crippen LogP contribution in [-0.4, -0.2) is 126 Å². The lowest BCUT2D eigenvalue weighted by atomic mass is 9.95. The molecule has 8 rings (SSSR count). The number of hydrogen-bond donors (Lipinski definition) is 3. The number of piperazine rings is 1. The molecule has 0 atom stereocenters. The molecule has 4 aromatic rings. The molecule has 0 radical (unpaired) electrons. The number of anilines is 4. The highest BCUT2D eigenvalue weighted by atomic mass is 16.5. The molecule has 0 unspecified atom stereocenters. The third kappa shape index (κ3) is 10.3. The lowest BCUT2D eigenvalue weighted by Gasteiger charge is -2.39. The lowest BCUT2D eigenvalue weighted by Crippen LogP contribution is -2.58. The molecular formula is C46H56N10O5. The van der Waals surface area contributed by atoms with E-state index in [1.807, 2.05) is 43.9 Å². The molecule has 3 N–H and O–H groups in total. The van der Waals surface area contributed by atoms with Crippen molar-refractivity contribution in [3.8, 4) is 11.3 Å². The first-order valence-corrected chi connectivity index (χ1v) is 21.5. The van der Waals surface area contributed by atoms with Gasteiger partial charge in [-0.1, -0.05) is 18.2 Å². The summed E-state index contributed by atoms with van der Waals surface area (Å²) in [6, 6.07) is 23.1. The Morgan fingerprint density at radius 1 is 0.869 bits per heavy atom. The minimum atomic E-state index is -0.452. The Morgan fingerprint density at radius 3 is 2.36 bits per heavy atom. The van der Waals surface area contributed by atoms with Gasteiger partial charge in [-0.25, -0.2) is 19.6 Å². The minimum Gasteiger partial charge on any atom is -0.372 e. The number of nitrogens with one attached hydrogen (secondary N) is 3. The molecular weight excluding hydrogens is 773 g/mol. The van der Waals surface area contributed by atoms with Gasteiger partial charge in [-0.05, 0) is 105 Å². The number of amides is 6. The summed E-state index contributed by atoms with van der Waals surface area (Å²) < 4.78 is 5.77. The van der Waals surface area contributed by atoms with Gasteiger partial charge in [-0.3, -0.25) is 24.7 Å². The molecule has 3 aromatic carbocycles. The topological polar surface area (TPSA) is 156 Å². The number of aromatic nitrogens is 2. The smallest absolute Gasteiger partial charge is 0.328 e. The summed E-state index contributed by atoms with van der Waals surface area (Å²) in [5.74, 6) is 0.766. The molecule has 15 heteroatoms. The summed E-state index contributed by atoms with van der Waals surface area (Å²) in [4.78, 5) is 69.4. The normalized spacial score (nSPS) is 18.0. The van der Waals surface area contributed by atoms with Gasteiger partial charge in [0.05, 0.1) is 31.0 Å². The molecule has 1 aromatic heterocycles. The fourth-order valence-corrected chi connectivity index (χ4v) is 8.55. The second-order valence-corrected chi connectivity index (χ2v) is 16.8. The van der Waals surface area contributed by atoms with E-state index in [9.17, 15) is 19.2 Å².